The molecule has 16 heavy (non-hydrogen) atoms. The number of nitrogens with one attached hydrogen (secondary N) is 2. The first-order valence-corrected chi connectivity index (χ1v) is 5.86. The molecular weight excluding hydrogens is 198 g/mol. The number of para-hydroxylation sites is 1. The van der Waals surface area contributed by atoms with Crippen LogP contribution in [0.15, 0.2) is 24.3 Å². The largest absolute Gasteiger partial charge is 0.381 e. The third kappa shape index (κ3) is 2.74. The van der Waals surface area contributed by atoms with Crippen molar-refractivity contribution >= 4 is 5.69 Å². The summed E-state index contributed by atoms with van der Waals surface area (Å²) < 4.78 is 0. The van der Waals surface area contributed by atoms with Crippen LogP contribution in [-0.4, -0.2) is 19.1 Å². The minimum atomic E-state index is 0.490. The van der Waals surface area contributed by atoms with Gasteiger partial charge in [0.1, 0.15) is 6.07 Å². The van der Waals surface area contributed by atoms with E-state index in [0.717, 1.165) is 30.8 Å². The molecule has 1 fully saturated rings. The molecule has 3 heteroatoms. The van der Waals surface area contributed by atoms with Crippen LogP contribution in [0.3, 0.4) is 0 Å². The van der Waals surface area contributed by atoms with Gasteiger partial charge in [0.25, 0.3) is 0 Å². The molecule has 1 saturated heterocycles. The zero-order chi connectivity index (χ0) is 11.2. The number of hydrogen-bond acceptors (Lipinski definition) is 3. The Labute approximate surface area is 96.5 Å². The van der Waals surface area contributed by atoms with Gasteiger partial charge in [-0.15, -0.1) is 0 Å². The van der Waals surface area contributed by atoms with Crippen LogP contribution in [0, 0.1) is 11.3 Å². The Balaban J connectivity index is 2.05. The number of hydrogen-bond donors (Lipinski definition) is 2. The predicted octanol–water partition coefficient (Wildman–Crippen LogP) is 2.11. The number of anilines is 1. The SMILES string of the molecule is N#Cc1ccccc1NC1CCCNCC1. The summed E-state index contributed by atoms with van der Waals surface area (Å²) >= 11 is 0. The Morgan fingerprint density at radius 1 is 1.25 bits per heavy atom. The average molecular weight is 215 g/mol. The van der Waals surface area contributed by atoms with Crippen molar-refractivity contribution in [3.63, 3.8) is 0 Å². The van der Waals surface area contributed by atoms with Gasteiger partial charge in [-0.3, -0.25) is 0 Å². The highest BCUT2D eigenvalue weighted by Gasteiger charge is 2.12. The van der Waals surface area contributed by atoms with Crippen molar-refractivity contribution in [2.24, 2.45) is 0 Å². The summed E-state index contributed by atoms with van der Waals surface area (Å²) in [6.07, 6.45) is 3.50. The Morgan fingerprint density at radius 3 is 3.00 bits per heavy atom. The van der Waals surface area contributed by atoms with E-state index >= 15 is 0 Å². The molecule has 3 nitrogen and oxygen atoms in total. The van der Waals surface area contributed by atoms with Crippen molar-refractivity contribution in [1.82, 2.24) is 5.32 Å². The van der Waals surface area contributed by atoms with Gasteiger partial charge in [-0.25, -0.2) is 0 Å². The molecule has 1 aliphatic heterocycles. The lowest BCUT2D eigenvalue weighted by molar-refractivity contribution is 0.637. The van der Waals surface area contributed by atoms with Gasteiger partial charge in [0, 0.05) is 6.04 Å². The van der Waals surface area contributed by atoms with E-state index in [9.17, 15) is 0 Å². The molecule has 2 N–H and O–H groups in total. The quantitative estimate of drug-likeness (QED) is 0.794. The maximum atomic E-state index is 9.00. The highest BCUT2D eigenvalue weighted by molar-refractivity contribution is 5.57. The highest BCUT2D eigenvalue weighted by Crippen LogP contribution is 2.18. The molecule has 1 heterocycles. The van der Waals surface area contributed by atoms with E-state index in [0.29, 0.717) is 6.04 Å². The van der Waals surface area contributed by atoms with Crippen LogP contribution in [0.1, 0.15) is 24.8 Å². The van der Waals surface area contributed by atoms with Gasteiger partial charge in [0.15, 0.2) is 0 Å². The van der Waals surface area contributed by atoms with E-state index in [2.05, 4.69) is 16.7 Å². The van der Waals surface area contributed by atoms with E-state index in [1.165, 1.54) is 12.8 Å². The molecule has 0 spiro atoms. The van der Waals surface area contributed by atoms with Gasteiger partial charge in [-0.1, -0.05) is 12.1 Å². The summed E-state index contributed by atoms with van der Waals surface area (Å²) in [4.78, 5) is 0. The molecule has 0 amide bonds. The zero-order valence-electron chi connectivity index (χ0n) is 9.37. The molecule has 0 bridgehead atoms. The van der Waals surface area contributed by atoms with Crippen molar-refractivity contribution in [2.75, 3.05) is 18.4 Å². The molecule has 1 aliphatic rings. The van der Waals surface area contributed by atoms with Crippen LogP contribution in [0.4, 0.5) is 5.69 Å². The van der Waals surface area contributed by atoms with E-state index in [-0.39, 0.29) is 0 Å². The molecule has 1 atom stereocenters. The van der Waals surface area contributed by atoms with E-state index in [1.54, 1.807) is 0 Å². The normalized spacial score (nSPS) is 20.8. The van der Waals surface area contributed by atoms with Crippen LogP contribution >= 0.6 is 0 Å². The summed E-state index contributed by atoms with van der Waals surface area (Å²) in [5.74, 6) is 0. The van der Waals surface area contributed by atoms with Gasteiger partial charge in [-0.05, 0) is 44.5 Å². The van der Waals surface area contributed by atoms with Crippen LogP contribution in [0.5, 0.6) is 0 Å². The Bertz CT molecular complexity index is 373. The van der Waals surface area contributed by atoms with Gasteiger partial charge in [0.05, 0.1) is 11.3 Å². The van der Waals surface area contributed by atoms with Gasteiger partial charge < -0.3 is 10.6 Å². The van der Waals surface area contributed by atoms with Gasteiger partial charge in [-0.2, -0.15) is 5.26 Å². The predicted molar refractivity (Wildman–Crippen MR) is 65.3 cm³/mol. The summed E-state index contributed by atoms with van der Waals surface area (Å²) in [7, 11) is 0. The fraction of sp³-hybridized carbons (Fsp3) is 0.462. The average Bonchev–Trinajstić information content (AvgIpc) is 2.58. The second kappa shape index (κ2) is 5.53. The first-order chi connectivity index (χ1) is 7.90. The van der Waals surface area contributed by atoms with E-state index in [1.807, 2.05) is 24.3 Å². The summed E-state index contributed by atoms with van der Waals surface area (Å²) in [5.41, 5.74) is 1.71. The first-order valence-electron chi connectivity index (χ1n) is 5.86. The third-order valence-electron chi connectivity index (χ3n) is 2.98. The smallest absolute Gasteiger partial charge is 0.101 e. The lowest BCUT2D eigenvalue weighted by atomic mass is 10.1. The summed E-state index contributed by atoms with van der Waals surface area (Å²) in [6, 6.07) is 10.4. The molecule has 0 aliphatic carbocycles. The summed E-state index contributed by atoms with van der Waals surface area (Å²) in [5, 5.41) is 15.9. The molecule has 0 aromatic heterocycles. The van der Waals surface area contributed by atoms with Crippen molar-refractivity contribution < 1.29 is 0 Å². The molecule has 1 unspecified atom stereocenters. The Morgan fingerprint density at radius 2 is 2.12 bits per heavy atom. The fourth-order valence-electron chi connectivity index (χ4n) is 2.09. The Kier molecular flexibility index (Phi) is 3.79. The van der Waals surface area contributed by atoms with Crippen molar-refractivity contribution in [3.05, 3.63) is 29.8 Å². The number of benzene rings is 1. The van der Waals surface area contributed by atoms with Crippen molar-refractivity contribution in [1.29, 1.82) is 5.26 Å². The monoisotopic (exact) mass is 215 g/mol. The van der Waals surface area contributed by atoms with E-state index < -0.39 is 0 Å². The fourth-order valence-corrected chi connectivity index (χ4v) is 2.09. The van der Waals surface area contributed by atoms with Crippen LogP contribution in [-0.2, 0) is 0 Å². The zero-order valence-corrected chi connectivity index (χ0v) is 9.37. The second-order valence-electron chi connectivity index (χ2n) is 4.18. The maximum absolute atomic E-state index is 9.00. The minimum Gasteiger partial charge on any atom is -0.381 e. The van der Waals surface area contributed by atoms with Crippen LogP contribution in [0.2, 0.25) is 0 Å². The maximum Gasteiger partial charge on any atom is 0.101 e. The second-order valence-corrected chi connectivity index (χ2v) is 4.18. The minimum absolute atomic E-state index is 0.490. The topological polar surface area (TPSA) is 47.9 Å². The van der Waals surface area contributed by atoms with Gasteiger partial charge >= 0.3 is 0 Å². The number of nitriles is 1. The molecule has 84 valence electrons. The number of nitrogens with zero attached hydrogens (tertiary/aromatic N) is 1. The molecule has 0 saturated carbocycles. The third-order valence-corrected chi connectivity index (χ3v) is 2.98. The summed E-state index contributed by atoms with van der Waals surface area (Å²) in [6.45, 7) is 2.17. The first kappa shape index (κ1) is 11.0. The highest BCUT2D eigenvalue weighted by atomic mass is 14.9. The van der Waals surface area contributed by atoms with E-state index in [4.69, 9.17) is 5.26 Å². The van der Waals surface area contributed by atoms with Crippen LogP contribution < -0.4 is 10.6 Å². The Hall–Kier alpha value is -1.53. The molecule has 2 rings (SSSR count). The van der Waals surface area contributed by atoms with Crippen molar-refractivity contribution in [2.45, 2.75) is 25.3 Å². The standard InChI is InChI=1S/C13H17N3/c14-10-11-4-1-2-6-13(11)16-12-5-3-8-15-9-7-12/h1-2,4,6,12,15-16H,3,5,7-9H2. The van der Waals surface area contributed by atoms with Crippen LogP contribution in [0.25, 0.3) is 0 Å². The van der Waals surface area contributed by atoms with Crippen molar-refractivity contribution in [3.8, 4) is 6.07 Å². The van der Waals surface area contributed by atoms with Gasteiger partial charge in [0.2, 0.25) is 0 Å². The molecular formula is C13H17N3. The molecule has 1 aromatic rings. The molecule has 1 aromatic carbocycles. The lowest BCUT2D eigenvalue weighted by Gasteiger charge is -2.18. The number of rotatable bonds is 2. The lowest BCUT2D eigenvalue weighted by Crippen LogP contribution is -2.21. The molecule has 0 radical (unpaired) electrons.